The van der Waals surface area contributed by atoms with Crippen molar-refractivity contribution in [1.29, 1.82) is 0 Å². The Kier molecular flexibility index (Phi) is 8.28. The largest absolute Gasteiger partial charge is 0.394 e. The van der Waals surface area contributed by atoms with Gasteiger partial charge in [0.15, 0.2) is 0 Å². The van der Waals surface area contributed by atoms with E-state index in [1.165, 1.54) is 5.56 Å². The summed E-state index contributed by atoms with van der Waals surface area (Å²) in [4.78, 5) is 27.2. The van der Waals surface area contributed by atoms with Crippen LogP contribution in [0.2, 0.25) is 0 Å². The van der Waals surface area contributed by atoms with Crippen LogP contribution < -0.4 is 15.5 Å². The lowest BCUT2D eigenvalue weighted by atomic mass is 9.95. The zero-order valence-electron chi connectivity index (χ0n) is 19.3. The highest BCUT2D eigenvalue weighted by atomic mass is 16.3. The molecule has 3 N–H and O–H groups in total. The van der Waals surface area contributed by atoms with Gasteiger partial charge < -0.3 is 20.6 Å². The topological polar surface area (TPSA) is 81.7 Å². The number of nitrogens with zero attached hydrogens (tertiary/aromatic N) is 1. The SMILES string of the molecule is CC(C)[C@H]1C(=O)N[C@H](CO)Cc2cc(NC(=O)CCCCc3ccccc3)ccc2N1C. The highest BCUT2D eigenvalue weighted by Gasteiger charge is 2.32. The summed E-state index contributed by atoms with van der Waals surface area (Å²) in [5.41, 5.74) is 4.00. The highest BCUT2D eigenvalue weighted by Crippen LogP contribution is 2.30. The van der Waals surface area contributed by atoms with Crippen LogP contribution in [0.4, 0.5) is 11.4 Å². The quantitative estimate of drug-likeness (QED) is 0.552. The third kappa shape index (κ3) is 6.10. The zero-order chi connectivity index (χ0) is 23.1. The molecule has 32 heavy (non-hydrogen) atoms. The molecule has 0 fully saturated rings. The van der Waals surface area contributed by atoms with Crippen LogP contribution in [0.5, 0.6) is 0 Å². The molecule has 0 bridgehead atoms. The van der Waals surface area contributed by atoms with Crippen LogP contribution in [0, 0.1) is 5.92 Å². The lowest BCUT2D eigenvalue weighted by molar-refractivity contribution is -0.124. The van der Waals surface area contributed by atoms with Crippen molar-refractivity contribution in [2.75, 3.05) is 23.9 Å². The van der Waals surface area contributed by atoms with E-state index in [2.05, 4.69) is 22.8 Å². The third-order valence-corrected chi connectivity index (χ3v) is 6.06. The van der Waals surface area contributed by atoms with E-state index in [4.69, 9.17) is 0 Å². The summed E-state index contributed by atoms with van der Waals surface area (Å²) in [5.74, 6) is 0.0462. The normalized spacial score (nSPS) is 18.5. The first-order valence-electron chi connectivity index (χ1n) is 11.5. The average molecular weight is 438 g/mol. The minimum absolute atomic E-state index is 0.00396. The zero-order valence-corrected chi connectivity index (χ0v) is 19.3. The predicted molar refractivity (Wildman–Crippen MR) is 129 cm³/mol. The van der Waals surface area contributed by atoms with E-state index in [-0.39, 0.29) is 36.4 Å². The number of aryl methyl sites for hydroxylation is 1. The van der Waals surface area contributed by atoms with Gasteiger partial charge >= 0.3 is 0 Å². The molecule has 0 aliphatic carbocycles. The Hall–Kier alpha value is -2.86. The number of amides is 2. The molecule has 2 amide bonds. The van der Waals surface area contributed by atoms with Gasteiger partial charge in [0.2, 0.25) is 11.8 Å². The Balaban J connectivity index is 1.64. The summed E-state index contributed by atoms with van der Waals surface area (Å²) in [5, 5.41) is 15.7. The second-order valence-electron chi connectivity index (χ2n) is 8.98. The maximum absolute atomic E-state index is 12.7. The van der Waals surface area contributed by atoms with Crippen molar-refractivity contribution in [3.8, 4) is 0 Å². The summed E-state index contributed by atoms with van der Waals surface area (Å²) in [6.45, 7) is 3.91. The fourth-order valence-electron chi connectivity index (χ4n) is 4.44. The average Bonchev–Trinajstić information content (AvgIpc) is 2.76. The molecule has 1 heterocycles. The minimum atomic E-state index is -0.347. The third-order valence-electron chi connectivity index (χ3n) is 6.06. The van der Waals surface area contributed by atoms with E-state index in [1.54, 1.807) is 0 Å². The van der Waals surface area contributed by atoms with Crippen LogP contribution in [0.25, 0.3) is 0 Å². The molecule has 2 atom stereocenters. The summed E-state index contributed by atoms with van der Waals surface area (Å²) >= 11 is 0. The van der Waals surface area contributed by atoms with Crippen LogP contribution in [0.15, 0.2) is 48.5 Å². The van der Waals surface area contributed by atoms with Crippen LogP contribution in [-0.2, 0) is 22.4 Å². The van der Waals surface area contributed by atoms with Crippen molar-refractivity contribution in [1.82, 2.24) is 5.32 Å². The molecule has 6 nitrogen and oxygen atoms in total. The molecule has 0 aromatic heterocycles. The van der Waals surface area contributed by atoms with Crippen LogP contribution in [-0.4, -0.2) is 42.7 Å². The van der Waals surface area contributed by atoms with Crippen LogP contribution >= 0.6 is 0 Å². The number of nitrogens with one attached hydrogen (secondary N) is 2. The minimum Gasteiger partial charge on any atom is -0.394 e. The highest BCUT2D eigenvalue weighted by molar-refractivity contribution is 5.91. The second-order valence-corrected chi connectivity index (χ2v) is 8.98. The van der Waals surface area contributed by atoms with Crippen molar-refractivity contribution in [2.24, 2.45) is 5.92 Å². The number of hydrogen-bond donors (Lipinski definition) is 3. The number of likely N-dealkylation sites (N-methyl/N-ethyl adjacent to an activating group) is 1. The summed E-state index contributed by atoms with van der Waals surface area (Å²) in [6, 6.07) is 15.5. The molecule has 0 radical (unpaired) electrons. The number of carbonyl (C=O) groups excluding carboxylic acids is 2. The Labute approximate surface area is 191 Å². The number of hydrogen-bond acceptors (Lipinski definition) is 4. The van der Waals surface area contributed by atoms with Crippen molar-refractivity contribution in [3.63, 3.8) is 0 Å². The van der Waals surface area contributed by atoms with Gasteiger partial charge in [0.1, 0.15) is 6.04 Å². The molecule has 172 valence electrons. The number of aliphatic hydroxyl groups excluding tert-OH is 1. The first-order chi connectivity index (χ1) is 15.4. The van der Waals surface area contributed by atoms with Crippen molar-refractivity contribution in [2.45, 2.75) is 58.0 Å². The number of rotatable bonds is 8. The fraction of sp³-hybridized carbons (Fsp3) is 0.462. The van der Waals surface area contributed by atoms with E-state index in [0.717, 1.165) is 36.2 Å². The van der Waals surface area contributed by atoms with Crippen molar-refractivity contribution >= 4 is 23.2 Å². The maximum atomic E-state index is 12.7. The summed E-state index contributed by atoms with van der Waals surface area (Å²) in [7, 11) is 1.92. The number of unbranched alkanes of at least 4 members (excludes halogenated alkanes) is 1. The smallest absolute Gasteiger partial charge is 0.243 e. The molecule has 3 rings (SSSR count). The fourth-order valence-corrected chi connectivity index (χ4v) is 4.44. The molecule has 0 saturated carbocycles. The predicted octanol–water partition coefficient (Wildman–Crippen LogP) is 3.53. The maximum Gasteiger partial charge on any atom is 0.243 e. The Morgan fingerprint density at radius 3 is 2.62 bits per heavy atom. The molecular weight excluding hydrogens is 402 g/mol. The van der Waals surface area contributed by atoms with E-state index in [1.807, 2.05) is 62.2 Å². The van der Waals surface area contributed by atoms with Crippen LogP contribution in [0.1, 0.15) is 44.2 Å². The van der Waals surface area contributed by atoms with E-state index in [9.17, 15) is 14.7 Å². The van der Waals surface area contributed by atoms with Gasteiger partial charge in [-0.15, -0.1) is 0 Å². The van der Waals surface area contributed by atoms with Crippen LogP contribution in [0.3, 0.4) is 0 Å². The van der Waals surface area contributed by atoms with E-state index < -0.39 is 0 Å². The van der Waals surface area contributed by atoms with Gasteiger partial charge in [-0.2, -0.15) is 0 Å². The number of anilines is 2. The second kappa shape index (κ2) is 11.1. The molecular formula is C26H35N3O3. The van der Waals surface area contributed by atoms with E-state index in [0.29, 0.717) is 12.8 Å². The molecule has 2 aromatic carbocycles. The molecule has 1 aliphatic rings. The van der Waals surface area contributed by atoms with Gasteiger partial charge in [0, 0.05) is 24.8 Å². The molecule has 0 unspecified atom stereocenters. The van der Waals surface area contributed by atoms with Gasteiger partial charge in [-0.1, -0.05) is 44.2 Å². The molecule has 6 heteroatoms. The van der Waals surface area contributed by atoms with Crippen molar-refractivity contribution in [3.05, 3.63) is 59.7 Å². The lowest BCUT2D eigenvalue weighted by Gasteiger charge is -2.37. The molecule has 2 aromatic rings. The van der Waals surface area contributed by atoms with Gasteiger partial charge in [-0.25, -0.2) is 0 Å². The summed E-state index contributed by atoms with van der Waals surface area (Å²) in [6.07, 6.45) is 3.77. The molecule has 1 aliphatic heterocycles. The lowest BCUT2D eigenvalue weighted by Crippen LogP contribution is -2.54. The monoisotopic (exact) mass is 437 g/mol. The Morgan fingerprint density at radius 1 is 1.19 bits per heavy atom. The molecule has 0 saturated heterocycles. The first-order valence-corrected chi connectivity index (χ1v) is 11.5. The molecule has 0 spiro atoms. The summed E-state index contributed by atoms with van der Waals surface area (Å²) < 4.78 is 0. The van der Waals surface area contributed by atoms with Gasteiger partial charge in [-0.3, -0.25) is 9.59 Å². The number of benzene rings is 2. The number of fused-ring (bicyclic) bond motifs is 1. The first kappa shape index (κ1) is 23.8. The van der Waals surface area contributed by atoms with Gasteiger partial charge in [0.25, 0.3) is 0 Å². The number of aliphatic hydroxyl groups is 1. The Morgan fingerprint density at radius 2 is 1.94 bits per heavy atom. The van der Waals surface area contributed by atoms with Gasteiger partial charge in [0.05, 0.1) is 12.6 Å². The van der Waals surface area contributed by atoms with E-state index >= 15 is 0 Å². The van der Waals surface area contributed by atoms with Gasteiger partial charge in [-0.05, 0) is 60.9 Å². The van der Waals surface area contributed by atoms with Crippen molar-refractivity contribution < 1.29 is 14.7 Å². The number of carbonyl (C=O) groups is 2. The standard InChI is InChI=1S/C26H35N3O3/c1-18(2)25-26(32)28-22(17-30)16-20-15-21(13-14-23(20)29(25)3)27-24(31)12-8-7-11-19-9-5-4-6-10-19/h4-6,9-10,13-15,18,22,25,30H,7-8,11-12,16-17H2,1-3H3,(H,27,31)(H,28,32)/t22-,25-/m0/s1. The Bertz CT molecular complexity index is 914.